The molecule has 2 aromatic heterocycles. The van der Waals surface area contributed by atoms with Gasteiger partial charge < -0.3 is 38.2 Å². The lowest BCUT2D eigenvalue weighted by Crippen LogP contribution is -2.64. The predicted molar refractivity (Wildman–Crippen MR) is 199 cm³/mol. The molecule has 0 aliphatic carbocycles. The number of aromatic nitrogens is 3. The van der Waals surface area contributed by atoms with E-state index in [-0.39, 0.29) is 46.4 Å². The smallest absolute Gasteiger partial charge is 0.339 e. The molecule has 57 heavy (non-hydrogen) atoms. The molecule has 304 valence electrons. The highest BCUT2D eigenvalue weighted by molar-refractivity contribution is 6.31. The Morgan fingerprint density at radius 2 is 1.65 bits per heavy atom. The van der Waals surface area contributed by atoms with Crippen LogP contribution in [0.5, 0.6) is 5.75 Å². The van der Waals surface area contributed by atoms with Crippen molar-refractivity contribution in [2.45, 2.75) is 77.3 Å². The van der Waals surface area contributed by atoms with Gasteiger partial charge in [0.25, 0.3) is 0 Å². The SMILES string of the molecule is COC(=O)[C@H]1O[C@@H](Oc2ccc(Cl)cc2N(C)C(=O)n2ccc3c(N(C)[C@H]4CN(C(=O)CC#N)CC[C@H]4C)ncnc32)[C@H](OC(C)=O)[C@@H](OC(C)=O)[C@@H]1OC(C)=O. The Morgan fingerprint density at radius 1 is 0.982 bits per heavy atom. The Kier molecular flexibility index (Phi) is 13.2. The number of piperidine rings is 1. The van der Waals surface area contributed by atoms with Gasteiger partial charge in [-0.3, -0.25) is 28.6 Å². The molecule has 0 bridgehead atoms. The molecule has 3 aromatic rings. The summed E-state index contributed by atoms with van der Waals surface area (Å²) in [6.45, 7) is 6.21. The maximum Gasteiger partial charge on any atom is 0.339 e. The van der Waals surface area contributed by atoms with Crippen LogP contribution in [0.3, 0.4) is 0 Å². The molecule has 2 aliphatic rings. The third kappa shape index (κ3) is 9.18. The van der Waals surface area contributed by atoms with Gasteiger partial charge in [-0.1, -0.05) is 18.5 Å². The number of benzene rings is 1. The Morgan fingerprint density at radius 3 is 2.30 bits per heavy atom. The highest BCUT2D eigenvalue weighted by Gasteiger charge is 2.56. The molecule has 5 rings (SSSR count). The minimum absolute atomic E-state index is 0.0539. The molecule has 19 nitrogen and oxygen atoms in total. The first-order valence-electron chi connectivity index (χ1n) is 17.7. The van der Waals surface area contributed by atoms with Gasteiger partial charge in [0, 0.05) is 59.2 Å². The first-order valence-corrected chi connectivity index (χ1v) is 18.1. The third-order valence-corrected chi connectivity index (χ3v) is 9.88. The van der Waals surface area contributed by atoms with Crippen LogP contribution < -0.4 is 14.5 Å². The standard InChI is InChI=1S/C37H42ClN7O12/c1-19-11-14-44(28(49)10-13-39)17-26(19)42(5)33-24-12-15-45(34(24)41-18-40-33)37(51)43(6)25-16-23(38)8-9-27(25)56-36-32(55-22(4)48)30(54-21(3)47)29(53-20(2)46)31(57-36)35(50)52-7/h8-9,12,15-16,18-19,26,29-32,36H,10-11,14,17H2,1-7H3/t19-,26+,29+,30+,31+,32-,36-/m1/s1. The van der Waals surface area contributed by atoms with Crippen LogP contribution in [0, 0.1) is 17.2 Å². The van der Waals surface area contributed by atoms with Crippen molar-refractivity contribution < 1.29 is 57.2 Å². The minimum atomic E-state index is -1.72. The summed E-state index contributed by atoms with van der Waals surface area (Å²) in [5, 5.41) is 9.80. The number of hydrogen-bond donors (Lipinski definition) is 0. The van der Waals surface area contributed by atoms with E-state index in [1.54, 1.807) is 11.0 Å². The van der Waals surface area contributed by atoms with Crippen LogP contribution in [-0.4, -0.2) is 126 Å². The normalized spacial score (nSPS) is 23.1. The molecule has 0 radical (unpaired) electrons. The van der Waals surface area contributed by atoms with Gasteiger partial charge in [-0.25, -0.2) is 19.6 Å². The van der Waals surface area contributed by atoms with E-state index in [2.05, 4.69) is 16.9 Å². The van der Waals surface area contributed by atoms with Gasteiger partial charge in [0.1, 0.15) is 24.3 Å². The fraction of sp³-hybridized carbons (Fsp3) is 0.486. The van der Waals surface area contributed by atoms with Crippen LogP contribution in [0.2, 0.25) is 5.02 Å². The molecule has 7 atom stereocenters. The zero-order chi connectivity index (χ0) is 41.7. The molecule has 2 amide bonds. The molecule has 0 saturated carbocycles. The highest BCUT2D eigenvalue weighted by Crippen LogP contribution is 2.37. The molecule has 2 saturated heterocycles. The highest BCUT2D eigenvalue weighted by atomic mass is 35.5. The Bertz CT molecular complexity index is 2090. The van der Waals surface area contributed by atoms with Crippen molar-refractivity contribution in [2.24, 2.45) is 5.92 Å². The van der Waals surface area contributed by atoms with Gasteiger partial charge >= 0.3 is 29.9 Å². The molecular formula is C37H42ClN7O12. The predicted octanol–water partition coefficient (Wildman–Crippen LogP) is 2.85. The van der Waals surface area contributed by atoms with Crippen molar-refractivity contribution in [3.63, 3.8) is 0 Å². The van der Waals surface area contributed by atoms with E-state index in [0.717, 1.165) is 34.3 Å². The molecule has 20 heteroatoms. The monoisotopic (exact) mass is 811 g/mol. The number of anilines is 2. The van der Waals surface area contributed by atoms with Crippen LogP contribution in [0.15, 0.2) is 36.8 Å². The number of hydrogen-bond acceptors (Lipinski definition) is 16. The van der Waals surface area contributed by atoms with Crippen molar-refractivity contribution in [1.29, 1.82) is 5.26 Å². The van der Waals surface area contributed by atoms with Crippen molar-refractivity contribution in [3.8, 4) is 11.8 Å². The van der Waals surface area contributed by atoms with Crippen LogP contribution in [0.4, 0.5) is 16.3 Å². The molecule has 0 N–H and O–H groups in total. The summed E-state index contributed by atoms with van der Waals surface area (Å²) in [6, 6.07) is 7.12. The number of methoxy groups -OCH3 is 1. The largest absolute Gasteiger partial charge is 0.467 e. The van der Waals surface area contributed by atoms with Crippen molar-refractivity contribution in [3.05, 3.63) is 41.8 Å². The van der Waals surface area contributed by atoms with Crippen molar-refractivity contribution in [1.82, 2.24) is 19.4 Å². The molecule has 2 aliphatic heterocycles. The summed E-state index contributed by atoms with van der Waals surface area (Å²) in [5.74, 6) is -3.21. The van der Waals surface area contributed by atoms with Crippen LogP contribution in [0.25, 0.3) is 11.0 Å². The summed E-state index contributed by atoms with van der Waals surface area (Å²) in [4.78, 5) is 90.3. The maximum atomic E-state index is 14.3. The van der Waals surface area contributed by atoms with E-state index < -0.39 is 60.6 Å². The fourth-order valence-corrected chi connectivity index (χ4v) is 7.07. The number of halogens is 1. The van der Waals surface area contributed by atoms with Crippen molar-refractivity contribution >= 4 is 70.0 Å². The zero-order valence-corrected chi connectivity index (χ0v) is 33.0. The Balaban J connectivity index is 1.48. The van der Waals surface area contributed by atoms with Gasteiger partial charge in [-0.05, 0) is 36.6 Å². The minimum Gasteiger partial charge on any atom is -0.467 e. The van der Waals surface area contributed by atoms with E-state index in [9.17, 15) is 28.8 Å². The van der Waals surface area contributed by atoms with Gasteiger partial charge in [-0.15, -0.1) is 0 Å². The molecule has 0 spiro atoms. The van der Waals surface area contributed by atoms with Gasteiger partial charge in [0.15, 0.2) is 24.0 Å². The number of ether oxygens (including phenoxy) is 6. The molecule has 1 aromatic carbocycles. The van der Waals surface area contributed by atoms with E-state index in [1.165, 1.54) is 47.2 Å². The lowest BCUT2D eigenvalue weighted by atomic mass is 9.92. The number of rotatable bonds is 10. The van der Waals surface area contributed by atoms with Gasteiger partial charge in [-0.2, -0.15) is 5.26 Å². The first kappa shape index (κ1) is 42.1. The number of likely N-dealkylation sites (tertiary alicyclic amines) is 1. The second-order valence-corrected chi connectivity index (χ2v) is 13.9. The average Bonchev–Trinajstić information content (AvgIpc) is 3.60. The van der Waals surface area contributed by atoms with Crippen LogP contribution in [0.1, 0.15) is 40.5 Å². The number of fused-ring (bicyclic) bond motifs is 1. The number of nitrogens with zero attached hydrogens (tertiary/aromatic N) is 7. The van der Waals surface area contributed by atoms with Gasteiger partial charge in [0.05, 0.1) is 30.3 Å². The number of likely N-dealkylation sites (N-methyl/N-ethyl adjacent to an activating group) is 1. The summed E-state index contributed by atoms with van der Waals surface area (Å²) in [5.41, 5.74) is 0.353. The third-order valence-electron chi connectivity index (χ3n) is 9.65. The lowest BCUT2D eigenvalue weighted by Gasteiger charge is -2.43. The average molecular weight is 812 g/mol. The summed E-state index contributed by atoms with van der Waals surface area (Å²) < 4.78 is 34.5. The topological polar surface area (TPSA) is 222 Å². The molecule has 4 heterocycles. The fourth-order valence-electron chi connectivity index (χ4n) is 6.91. The lowest BCUT2D eigenvalue weighted by molar-refractivity contribution is -0.282. The van der Waals surface area contributed by atoms with Gasteiger partial charge in [0.2, 0.25) is 18.3 Å². The number of esters is 4. The van der Waals surface area contributed by atoms with E-state index in [4.69, 9.17) is 45.3 Å². The van der Waals surface area contributed by atoms with Crippen molar-refractivity contribution in [2.75, 3.05) is 44.1 Å². The summed E-state index contributed by atoms with van der Waals surface area (Å²) in [6.07, 6.45) is -4.88. The number of carbonyl (C=O) groups excluding carboxylic acids is 6. The zero-order valence-electron chi connectivity index (χ0n) is 32.2. The molecular weight excluding hydrogens is 770 g/mol. The van der Waals surface area contributed by atoms with Crippen LogP contribution >= 0.6 is 11.6 Å². The van der Waals surface area contributed by atoms with E-state index in [0.29, 0.717) is 24.3 Å². The second kappa shape index (κ2) is 17.9. The molecule has 2 fully saturated rings. The summed E-state index contributed by atoms with van der Waals surface area (Å²) >= 11 is 6.41. The number of carbonyl (C=O) groups is 6. The quantitative estimate of drug-likeness (QED) is 0.212. The maximum absolute atomic E-state index is 14.3. The number of nitriles is 1. The Hall–Kier alpha value is -6.00. The number of amides is 2. The first-order chi connectivity index (χ1) is 27.1. The molecule has 0 unspecified atom stereocenters. The van der Waals surface area contributed by atoms with Crippen LogP contribution in [-0.2, 0) is 47.7 Å². The Labute approximate surface area is 332 Å². The van der Waals surface area contributed by atoms with E-state index in [1.807, 2.05) is 18.0 Å². The second-order valence-electron chi connectivity index (χ2n) is 13.5. The summed E-state index contributed by atoms with van der Waals surface area (Å²) in [7, 11) is 4.35. The van der Waals surface area contributed by atoms with E-state index >= 15 is 0 Å².